The second-order valence-electron chi connectivity index (χ2n) is 8.27. The molecule has 1 aliphatic heterocycles. The first-order valence-electron chi connectivity index (χ1n) is 10.7. The van der Waals surface area contributed by atoms with Crippen LogP contribution in [0.15, 0.2) is 54.7 Å². The molecule has 2 aromatic heterocycles. The number of para-hydroxylation sites is 1. The highest BCUT2D eigenvalue weighted by molar-refractivity contribution is 7.80. The lowest BCUT2D eigenvalue weighted by Gasteiger charge is -2.31. The van der Waals surface area contributed by atoms with Crippen molar-refractivity contribution in [2.45, 2.75) is 59.2 Å². The highest BCUT2D eigenvalue weighted by atomic mass is 32.1. The van der Waals surface area contributed by atoms with Crippen molar-refractivity contribution in [3.8, 4) is 5.69 Å². The second kappa shape index (κ2) is 8.23. The Morgan fingerprint density at radius 1 is 1.10 bits per heavy atom. The summed E-state index contributed by atoms with van der Waals surface area (Å²) in [5.74, 6) is 0. The number of hydrogen-bond acceptors (Lipinski definition) is 2. The van der Waals surface area contributed by atoms with Crippen LogP contribution >= 0.6 is 12.2 Å². The summed E-state index contributed by atoms with van der Waals surface area (Å²) < 4.78 is 2.39. The van der Waals surface area contributed by atoms with Crippen molar-refractivity contribution in [3.63, 3.8) is 0 Å². The molecule has 1 aliphatic rings. The van der Waals surface area contributed by atoms with E-state index in [2.05, 4.69) is 90.8 Å². The fraction of sp³-hybridized carbons (Fsp3) is 0.360. The molecule has 3 aromatic rings. The van der Waals surface area contributed by atoms with Crippen molar-refractivity contribution in [1.82, 2.24) is 19.8 Å². The van der Waals surface area contributed by atoms with Crippen molar-refractivity contribution >= 4 is 17.3 Å². The fourth-order valence-electron chi connectivity index (χ4n) is 4.74. The SMILES string of the molecule is CCc1ccccc1-n1c(C)cc([C@@H]2[C@@H](c3ccccn3)NC(=S)N2C(C)C)c1C. The van der Waals surface area contributed by atoms with Crippen LogP contribution in [0.1, 0.15) is 61.1 Å². The Hall–Kier alpha value is -2.66. The molecule has 4 rings (SSSR count). The maximum Gasteiger partial charge on any atom is 0.170 e. The molecule has 4 nitrogen and oxygen atoms in total. The highest BCUT2D eigenvalue weighted by Crippen LogP contribution is 2.42. The minimum Gasteiger partial charge on any atom is -0.352 e. The molecule has 0 aliphatic carbocycles. The molecule has 1 N–H and O–H groups in total. The van der Waals surface area contributed by atoms with Crippen LogP contribution in [-0.4, -0.2) is 25.6 Å². The summed E-state index contributed by atoms with van der Waals surface area (Å²) in [6, 6.07) is 17.5. The van der Waals surface area contributed by atoms with E-state index in [1.807, 2.05) is 18.3 Å². The first kappa shape index (κ1) is 20.6. The normalized spacial score (nSPS) is 18.9. The van der Waals surface area contributed by atoms with E-state index in [0.717, 1.165) is 17.2 Å². The van der Waals surface area contributed by atoms with Crippen LogP contribution in [0, 0.1) is 13.8 Å². The van der Waals surface area contributed by atoms with Gasteiger partial charge in [0, 0.05) is 29.3 Å². The lowest BCUT2D eigenvalue weighted by molar-refractivity contribution is 0.269. The molecule has 3 heterocycles. The Kier molecular flexibility index (Phi) is 5.65. The van der Waals surface area contributed by atoms with Gasteiger partial charge in [-0.1, -0.05) is 31.2 Å². The molecule has 0 unspecified atom stereocenters. The summed E-state index contributed by atoms with van der Waals surface area (Å²) >= 11 is 5.77. The van der Waals surface area contributed by atoms with Crippen molar-refractivity contribution in [2.75, 3.05) is 0 Å². The summed E-state index contributed by atoms with van der Waals surface area (Å²) in [5, 5.41) is 4.35. The van der Waals surface area contributed by atoms with Crippen LogP contribution in [0.3, 0.4) is 0 Å². The van der Waals surface area contributed by atoms with Gasteiger partial charge in [-0.3, -0.25) is 4.98 Å². The Bertz CT molecular complexity index is 1050. The van der Waals surface area contributed by atoms with Gasteiger partial charge >= 0.3 is 0 Å². The molecule has 0 spiro atoms. The zero-order valence-corrected chi connectivity index (χ0v) is 19.2. The second-order valence-corrected chi connectivity index (χ2v) is 8.66. The third-order valence-electron chi connectivity index (χ3n) is 6.09. The minimum absolute atomic E-state index is 0.0245. The van der Waals surface area contributed by atoms with Gasteiger partial charge in [0.15, 0.2) is 5.11 Å². The number of hydrogen-bond donors (Lipinski definition) is 1. The molecule has 0 amide bonds. The van der Waals surface area contributed by atoms with Crippen molar-refractivity contribution in [2.24, 2.45) is 0 Å². The Morgan fingerprint density at radius 3 is 2.50 bits per heavy atom. The molecule has 1 aromatic carbocycles. The van der Waals surface area contributed by atoms with E-state index in [4.69, 9.17) is 12.2 Å². The molecule has 1 fully saturated rings. The summed E-state index contributed by atoms with van der Waals surface area (Å²) in [5.41, 5.74) is 7.44. The highest BCUT2D eigenvalue weighted by Gasteiger charge is 2.42. The average Bonchev–Trinajstić information content (AvgIpc) is 3.24. The number of nitrogens with one attached hydrogen (secondary N) is 1. The van der Waals surface area contributed by atoms with Crippen LogP contribution in [-0.2, 0) is 6.42 Å². The van der Waals surface area contributed by atoms with Crippen LogP contribution in [0.5, 0.6) is 0 Å². The van der Waals surface area contributed by atoms with Gasteiger partial charge in [0.1, 0.15) is 0 Å². The number of nitrogens with zero attached hydrogens (tertiary/aromatic N) is 3. The van der Waals surface area contributed by atoms with Crippen LogP contribution < -0.4 is 5.32 Å². The summed E-state index contributed by atoms with van der Waals surface area (Å²) in [7, 11) is 0. The van der Waals surface area contributed by atoms with Crippen molar-refractivity contribution in [1.29, 1.82) is 0 Å². The number of benzene rings is 1. The smallest absolute Gasteiger partial charge is 0.170 e. The van der Waals surface area contributed by atoms with Crippen molar-refractivity contribution in [3.05, 3.63) is 82.9 Å². The molecule has 0 radical (unpaired) electrons. The van der Waals surface area contributed by atoms with Gasteiger partial charge in [0.25, 0.3) is 0 Å². The summed E-state index contributed by atoms with van der Waals surface area (Å²) in [6.45, 7) is 11.0. The monoisotopic (exact) mass is 418 g/mol. The third kappa shape index (κ3) is 3.41. The Labute approximate surface area is 184 Å². The van der Waals surface area contributed by atoms with Gasteiger partial charge in [0.05, 0.1) is 17.8 Å². The van der Waals surface area contributed by atoms with Crippen LogP contribution in [0.25, 0.3) is 5.69 Å². The van der Waals surface area contributed by atoms with Gasteiger partial charge in [-0.2, -0.15) is 0 Å². The Morgan fingerprint density at radius 2 is 1.83 bits per heavy atom. The lowest BCUT2D eigenvalue weighted by Crippen LogP contribution is -2.35. The number of rotatable bonds is 5. The number of aromatic nitrogens is 2. The largest absolute Gasteiger partial charge is 0.352 e. The van der Waals surface area contributed by atoms with Crippen molar-refractivity contribution < 1.29 is 0 Å². The third-order valence-corrected chi connectivity index (χ3v) is 6.42. The zero-order valence-electron chi connectivity index (χ0n) is 18.4. The minimum atomic E-state index is 0.0245. The van der Waals surface area contributed by atoms with E-state index in [1.54, 1.807) is 0 Å². The predicted molar refractivity (Wildman–Crippen MR) is 127 cm³/mol. The first-order chi connectivity index (χ1) is 14.4. The van der Waals surface area contributed by atoms with Gasteiger partial charge < -0.3 is 14.8 Å². The molecule has 1 saturated heterocycles. The van der Waals surface area contributed by atoms with Gasteiger partial charge in [0.2, 0.25) is 0 Å². The van der Waals surface area contributed by atoms with Crippen LogP contribution in [0.2, 0.25) is 0 Å². The van der Waals surface area contributed by atoms with E-state index < -0.39 is 0 Å². The molecule has 2 atom stereocenters. The predicted octanol–water partition coefficient (Wildman–Crippen LogP) is 5.43. The zero-order chi connectivity index (χ0) is 21.4. The molecule has 5 heteroatoms. The summed E-state index contributed by atoms with van der Waals surface area (Å²) in [6.07, 6.45) is 2.86. The van der Waals surface area contributed by atoms with Gasteiger partial charge in [-0.25, -0.2) is 0 Å². The number of pyridine rings is 1. The maximum absolute atomic E-state index is 5.77. The molecule has 0 saturated carbocycles. The van der Waals surface area contributed by atoms with Crippen LogP contribution in [0.4, 0.5) is 0 Å². The molecule has 30 heavy (non-hydrogen) atoms. The topological polar surface area (TPSA) is 33.1 Å². The van der Waals surface area contributed by atoms with Gasteiger partial charge in [-0.15, -0.1) is 0 Å². The maximum atomic E-state index is 5.77. The molecular formula is C25H30N4S. The fourth-order valence-corrected chi connectivity index (χ4v) is 5.19. The van der Waals surface area contributed by atoms with E-state index >= 15 is 0 Å². The quantitative estimate of drug-likeness (QED) is 0.560. The standard InChI is InChI=1S/C25H30N4S/c1-6-19-11-7-8-13-22(19)29-17(4)15-20(18(29)5)24-23(21-12-9-10-14-26-21)27-25(30)28(24)16(2)3/h7-16,23-24H,6H2,1-5H3,(H,27,30)/t23-,24-/m1/s1. The van der Waals surface area contributed by atoms with E-state index in [-0.39, 0.29) is 18.1 Å². The lowest BCUT2D eigenvalue weighted by atomic mass is 9.96. The van der Waals surface area contributed by atoms with E-state index in [0.29, 0.717) is 0 Å². The van der Waals surface area contributed by atoms with E-state index in [9.17, 15) is 0 Å². The van der Waals surface area contributed by atoms with Gasteiger partial charge in [-0.05, 0) is 81.7 Å². The average molecular weight is 419 g/mol. The molecular weight excluding hydrogens is 388 g/mol. The van der Waals surface area contributed by atoms with E-state index in [1.165, 1.54) is 28.2 Å². The number of aryl methyl sites for hydroxylation is 2. The summed E-state index contributed by atoms with van der Waals surface area (Å²) in [4.78, 5) is 6.98. The first-order valence-corrected chi connectivity index (χ1v) is 11.1. The number of thiocarbonyl (C=S) groups is 1. The Balaban J connectivity index is 1.87. The molecule has 156 valence electrons. The molecule has 0 bridgehead atoms.